The van der Waals surface area contributed by atoms with Crippen LogP contribution in [-0.2, 0) is 24.9 Å². The Bertz CT molecular complexity index is 1500. The van der Waals surface area contributed by atoms with Gasteiger partial charge in [0, 0.05) is 29.4 Å². The molecule has 3 aromatic rings. The summed E-state index contributed by atoms with van der Waals surface area (Å²) in [7, 11) is 2.24. The van der Waals surface area contributed by atoms with Crippen LogP contribution < -0.4 is 9.47 Å². The molecule has 2 unspecified atom stereocenters. The number of likely N-dealkylation sites (tertiary alicyclic amines) is 1. The Hall–Kier alpha value is -3.12. The third-order valence-electron chi connectivity index (χ3n) is 11.1. The fourth-order valence-electron chi connectivity index (χ4n) is 9.45. The van der Waals surface area contributed by atoms with Crippen molar-refractivity contribution in [2.75, 3.05) is 13.6 Å². The normalized spacial score (nSPS) is 36.0. The number of hydrogen-bond acceptors (Lipinski definition) is 5. The molecule has 0 radical (unpaired) electrons. The fourth-order valence-corrected chi connectivity index (χ4v) is 9.45. The van der Waals surface area contributed by atoms with Gasteiger partial charge in [-0.25, -0.2) is 0 Å². The second-order valence-corrected chi connectivity index (χ2v) is 13.2. The number of ether oxygens (including phenoxy) is 2. The molecular formula is C35H37NO4. The summed E-state index contributed by atoms with van der Waals surface area (Å²) >= 11 is 0. The number of rotatable bonds is 6. The van der Waals surface area contributed by atoms with Gasteiger partial charge in [0.25, 0.3) is 0 Å². The highest BCUT2D eigenvalue weighted by atomic mass is 16.5. The van der Waals surface area contributed by atoms with E-state index in [4.69, 9.17) is 9.47 Å². The van der Waals surface area contributed by atoms with Crippen molar-refractivity contribution in [1.82, 2.24) is 4.90 Å². The molecule has 0 amide bonds. The van der Waals surface area contributed by atoms with Crippen LogP contribution in [0.4, 0.5) is 0 Å². The van der Waals surface area contributed by atoms with Gasteiger partial charge in [-0.3, -0.25) is 0 Å². The molecule has 7 atom stereocenters. The monoisotopic (exact) mass is 535 g/mol. The highest BCUT2D eigenvalue weighted by Crippen LogP contribution is 2.75. The largest absolute Gasteiger partial charge is 0.485 e. The van der Waals surface area contributed by atoms with E-state index in [1.165, 1.54) is 11.1 Å². The molecule has 6 aliphatic rings. The van der Waals surface area contributed by atoms with Crippen LogP contribution in [0.5, 0.6) is 11.5 Å². The van der Waals surface area contributed by atoms with E-state index in [-0.39, 0.29) is 22.8 Å². The molecular weight excluding hydrogens is 498 g/mol. The van der Waals surface area contributed by atoms with E-state index in [1.807, 2.05) is 49.4 Å². The van der Waals surface area contributed by atoms with E-state index in [2.05, 4.69) is 54.4 Å². The Morgan fingerprint density at radius 3 is 2.48 bits per heavy atom. The van der Waals surface area contributed by atoms with Crippen LogP contribution in [0.3, 0.4) is 0 Å². The molecule has 4 aliphatic carbocycles. The first-order valence-electron chi connectivity index (χ1n) is 14.7. The van der Waals surface area contributed by atoms with Gasteiger partial charge in [-0.1, -0.05) is 78.9 Å². The Balaban J connectivity index is 1.25. The van der Waals surface area contributed by atoms with E-state index in [9.17, 15) is 10.2 Å². The quantitative estimate of drug-likeness (QED) is 0.443. The molecule has 2 aliphatic heterocycles. The highest BCUT2D eigenvalue weighted by molar-refractivity contribution is 5.65. The minimum Gasteiger partial charge on any atom is -0.485 e. The zero-order valence-electron chi connectivity index (χ0n) is 23.2. The van der Waals surface area contributed by atoms with Crippen LogP contribution >= 0.6 is 0 Å². The van der Waals surface area contributed by atoms with Gasteiger partial charge < -0.3 is 24.6 Å². The predicted octanol–water partition coefficient (Wildman–Crippen LogP) is 4.83. The Kier molecular flexibility index (Phi) is 5.07. The van der Waals surface area contributed by atoms with Crippen molar-refractivity contribution in [3.05, 3.63) is 107 Å². The van der Waals surface area contributed by atoms with Crippen molar-refractivity contribution in [3.63, 3.8) is 0 Å². The molecule has 5 heteroatoms. The van der Waals surface area contributed by atoms with Crippen LogP contribution in [0.15, 0.2) is 84.9 Å². The third kappa shape index (κ3) is 3.03. The number of aliphatic hydroxyl groups is 2. The van der Waals surface area contributed by atoms with Gasteiger partial charge in [-0.05, 0) is 62.5 Å². The minimum absolute atomic E-state index is 0.239. The maximum atomic E-state index is 12.7. The molecule has 206 valence electrons. The van der Waals surface area contributed by atoms with Crippen LogP contribution in [0.2, 0.25) is 0 Å². The zero-order valence-corrected chi connectivity index (χ0v) is 23.2. The second kappa shape index (κ2) is 8.22. The van der Waals surface area contributed by atoms with Gasteiger partial charge in [-0.2, -0.15) is 0 Å². The summed E-state index contributed by atoms with van der Waals surface area (Å²) < 4.78 is 13.4. The standard InChI is InChI=1S/C35H37NO4/c1-32(37,20-23-9-5-3-6-10-23)27-21-33-15-16-35(27,38)31-34(33)17-18-36(2)28(33)19-25-13-14-26(30(40-31)29(25)34)39-22-24-11-7-4-8-12-24/h3-16,27-28,31,37-38H,17-22H2,1-2H3/t27-,28?,31+,32+,33?,34-,35+/m0/s1. The van der Waals surface area contributed by atoms with Crippen LogP contribution in [0.1, 0.15) is 42.0 Å². The molecule has 2 fully saturated rings. The molecule has 40 heavy (non-hydrogen) atoms. The lowest BCUT2D eigenvalue weighted by molar-refractivity contribution is -0.237. The molecule has 3 aromatic carbocycles. The first kappa shape index (κ1) is 24.7. The van der Waals surface area contributed by atoms with Gasteiger partial charge in [0.05, 0.1) is 11.0 Å². The van der Waals surface area contributed by atoms with Crippen LogP contribution in [0, 0.1) is 11.3 Å². The molecule has 0 aromatic heterocycles. The third-order valence-corrected chi connectivity index (χ3v) is 11.1. The van der Waals surface area contributed by atoms with Gasteiger partial charge >= 0.3 is 0 Å². The average Bonchev–Trinajstić information content (AvgIpc) is 3.33. The second-order valence-electron chi connectivity index (χ2n) is 13.2. The number of piperidine rings is 1. The van der Waals surface area contributed by atoms with E-state index >= 15 is 0 Å². The summed E-state index contributed by atoms with van der Waals surface area (Å²) in [5.41, 5.74) is 1.73. The van der Waals surface area contributed by atoms with E-state index in [0.717, 1.165) is 48.4 Å². The highest BCUT2D eigenvalue weighted by Gasteiger charge is 2.79. The van der Waals surface area contributed by atoms with E-state index in [1.54, 1.807) is 0 Å². The fraction of sp³-hybridized carbons (Fsp3) is 0.429. The van der Waals surface area contributed by atoms with E-state index < -0.39 is 17.3 Å². The van der Waals surface area contributed by atoms with Crippen molar-refractivity contribution in [2.24, 2.45) is 11.3 Å². The van der Waals surface area contributed by atoms with Crippen molar-refractivity contribution < 1.29 is 19.7 Å². The van der Waals surface area contributed by atoms with Crippen molar-refractivity contribution in [2.45, 2.75) is 68.0 Å². The Labute approximate surface area is 236 Å². The maximum Gasteiger partial charge on any atom is 0.166 e. The Morgan fingerprint density at radius 2 is 1.73 bits per heavy atom. The summed E-state index contributed by atoms with van der Waals surface area (Å²) in [6.45, 7) is 3.32. The van der Waals surface area contributed by atoms with Crippen LogP contribution in [0.25, 0.3) is 0 Å². The number of hydrogen-bond donors (Lipinski definition) is 2. The van der Waals surface area contributed by atoms with Crippen molar-refractivity contribution >= 4 is 0 Å². The number of nitrogens with zero attached hydrogens (tertiary/aromatic N) is 1. The van der Waals surface area contributed by atoms with E-state index in [0.29, 0.717) is 13.0 Å². The minimum atomic E-state index is -1.30. The molecule has 2 heterocycles. The van der Waals surface area contributed by atoms with Crippen molar-refractivity contribution in [3.8, 4) is 11.5 Å². The molecule has 2 N–H and O–H groups in total. The van der Waals surface area contributed by atoms with Gasteiger partial charge in [0.2, 0.25) is 0 Å². The number of fused-ring (bicyclic) bond motifs is 1. The topological polar surface area (TPSA) is 62.2 Å². The molecule has 1 saturated heterocycles. The Morgan fingerprint density at radius 1 is 1.00 bits per heavy atom. The summed E-state index contributed by atoms with van der Waals surface area (Å²) in [5, 5.41) is 24.9. The summed E-state index contributed by atoms with van der Waals surface area (Å²) in [6, 6.07) is 24.9. The average molecular weight is 536 g/mol. The molecule has 4 bridgehead atoms. The summed E-state index contributed by atoms with van der Waals surface area (Å²) in [5.74, 6) is 1.17. The number of likely N-dealkylation sites (N-methyl/N-ethyl adjacent to an activating group) is 1. The smallest absolute Gasteiger partial charge is 0.166 e. The summed E-state index contributed by atoms with van der Waals surface area (Å²) in [4.78, 5) is 2.51. The molecule has 9 rings (SSSR count). The molecule has 5 nitrogen and oxygen atoms in total. The number of benzene rings is 3. The van der Waals surface area contributed by atoms with Gasteiger partial charge in [0.15, 0.2) is 11.5 Å². The lowest BCUT2D eigenvalue weighted by Crippen LogP contribution is -2.80. The summed E-state index contributed by atoms with van der Waals surface area (Å²) in [6.07, 6.45) is 6.88. The SMILES string of the molecule is CN1CC[C@]23c4c5ccc(OCc6ccccc6)c4O[C@H]2[C@@]2(O)C=CC3(C[C@H]2[C@](C)(O)Cc2ccccc2)C1C5. The zero-order chi connectivity index (χ0) is 27.3. The maximum absolute atomic E-state index is 12.7. The lowest BCUT2D eigenvalue weighted by Gasteiger charge is -2.71. The molecule has 1 saturated carbocycles. The first-order chi connectivity index (χ1) is 19.3. The van der Waals surface area contributed by atoms with Gasteiger partial charge in [0.1, 0.15) is 18.3 Å². The van der Waals surface area contributed by atoms with Crippen molar-refractivity contribution in [1.29, 1.82) is 0 Å². The predicted molar refractivity (Wildman–Crippen MR) is 153 cm³/mol. The van der Waals surface area contributed by atoms with Crippen LogP contribution in [-0.4, -0.2) is 52.1 Å². The first-order valence-corrected chi connectivity index (χ1v) is 14.7. The van der Waals surface area contributed by atoms with Gasteiger partial charge in [-0.15, -0.1) is 0 Å². The molecule has 2 spiro atoms. The lowest BCUT2D eigenvalue weighted by atomic mass is 9.36.